The van der Waals surface area contributed by atoms with Crippen LogP contribution in [0.1, 0.15) is 0 Å². The maximum atomic E-state index is 11.7. The molecule has 6 heteroatoms. The van der Waals surface area contributed by atoms with Crippen LogP contribution in [-0.4, -0.2) is 56.6 Å². The Morgan fingerprint density at radius 2 is 2.36 bits per heavy atom. The molecule has 1 rings (SSSR count). The third kappa shape index (κ3) is 3.97. The van der Waals surface area contributed by atoms with E-state index in [1.54, 1.807) is 4.90 Å². The predicted molar refractivity (Wildman–Crippen MR) is 46.3 cm³/mol. The number of hydrogen-bond donors (Lipinski definition) is 1. The third-order valence-corrected chi connectivity index (χ3v) is 1.94. The van der Waals surface area contributed by atoms with Gasteiger partial charge >= 0.3 is 0 Å². The fourth-order valence-corrected chi connectivity index (χ4v) is 1.23. The fourth-order valence-electron chi connectivity index (χ4n) is 1.23. The quantitative estimate of drug-likeness (QED) is 0.631. The number of carbonyl (C=O) groups is 1. The highest BCUT2D eigenvalue weighted by Gasteiger charge is 2.16. The molecule has 0 aromatic heterocycles. The summed E-state index contributed by atoms with van der Waals surface area (Å²) in [5.41, 5.74) is 0. The van der Waals surface area contributed by atoms with Crippen molar-refractivity contribution < 1.29 is 18.3 Å². The van der Waals surface area contributed by atoms with Gasteiger partial charge in [-0.2, -0.15) is 0 Å². The van der Waals surface area contributed by atoms with Crippen LogP contribution in [0.3, 0.4) is 0 Å². The van der Waals surface area contributed by atoms with Crippen LogP contribution in [0.4, 0.5) is 8.78 Å². The molecule has 1 fully saturated rings. The second kappa shape index (κ2) is 5.87. The molecule has 1 saturated heterocycles. The molecule has 1 heterocycles. The van der Waals surface area contributed by atoms with Gasteiger partial charge in [-0.05, 0) is 0 Å². The number of rotatable bonds is 5. The molecule has 0 saturated carbocycles. The van der Waals surface area contributed by atoms with Crippen LogP contribution in [0.5, 0.6) is 0 Å². The second-order valence-corrected chi connectivity index (χ2v) is 3.02. The summed E-state index contributed by atoms with van der Waals surface area (Å²) in [7, 11) is 0. The zero-order valence-corrected chi connectivity index (χ0v) is 7.84. The van der Waals surface area contributed by atoms with Crippen molar-refractivity contribution in [2.75, 3.05) is 39.4 Å². The van der Waals surface area contributed by atoms with Gasteiger partial charge in [-0.3, -0.25) is 4.79 Å². The summed E-state index contributed by atoms with van der Waals surface area (Å²) >= 11 is 0. The van der Waals surface area contributed by atoms with Gasteiger partial charge in [-0.15, -0.1) is 0 Å². The van der Waals surface area contributed by atoms with Crippen LogP contribution >= 0.6 is 0 Å². The molecule has 0 spiro atoms. The Labute approximate surface area is 81.2 Å². The van der Waals surface area contributed by atoms with Crippen molar-refractivity contribution in [1.82, 2.24) is 10.2 Å². The summed E-state index contributed by atoms with van der Waals surface area (Å²) in [6.07, 6.45) is -2.44. The van der Waals surface area contributed by atoms with Gasteiger partial charge in [0, 0.05) is 19.6 Å². The summed E-state index contributed by atoms with van der Waals surface area (Å²) in [5.74, 6) is -0.00287. The maximum absolute atomic E-state index is 11.7. The minimum atomic E-state index is -2.44. The van der Waals surface area contributed by atoms with Gasteiger partial charge in [0.05, 0.1) is 13.2 Å². The molecular formula is C8H14F2N2O2. The molecular weight excluding hydrogens is 194 g/mol. The minimum Gasteiger partial charge on any atom is -0.374 e. The van der Waals surface area contributed by atoms with Gasteiger partial charge in [0.1, 0.15) is 6.61 Å². The van der Waals surface area contributed by atoms with E-state index < -0.39 is 13.0 Å². The van der Waals surface area contributed by atoms with Crippen molar-refractivity contribution >= 4 is 5.91 Å². The average Bonchev–Trinajstić information content (AvgIpc) is 2.15. The van der Waals surface area contributed by atoms with E-state index in [9.17, 15) is 13.6 Å². The molecule has 82 valence electrons. The second-order valence-electron chi connectivity index (χ2n) is 3.02. The number of carbonyl (C=O) groups excluding carboxylic acids is 1. The summed E-state index contributed by atoms with van der Waals surface area (Å²) < 4.78 is 28.0. The molecule has 0 atom stereocenters. The van der Waals surface area contributed by atoms with Gasteiger partial charge in [0.2, 0.25) is 5.91 Å². The first kappa shape index (κ1) is 11.3. The van der Waals surface area contributed by atoms with E-state index in [1.165, 1.54) is 0 Å². The van der Waals surface area contributed by atoms with Crippen molar-refractivity contribution in [2.45, 2.75) is 6.43 Å². The lowest BCUT2D eigenvalue weighted by molar-refractivity contribution is -0.132. The molecule has 4 nitrogen and oxygen atoms in total. The van der Waals surface area contributed by atoms with E-state index in [0.717, 1.165) is 6.54 Å². The van der Waals surface area contributed by atoms with Crippen molar-refractivity contribution in [3.05, 3.63) is 0 Å². The summed E-state index contributed by atoms with van der Waals surface area (Å²) in [6, 6.07) is 0. The van der Waals surface area contributed by atoms with E-state index in [-0.39, 0.29) is 12.5 Å². The van der Waals surface area contributed by atoms with E-state index in [2.05, 4.69) is 10.1 Å². The van der Waals surface area contributed by atoms with Gasteiger partial charge < -0.3 is 15.0 Å². The SMILES string of the molecule is O=C1CNCCN1CCOCC(F)F. The molecule has 0 aromatic rings. The molecule has 1 N–H and O–H groups in total. The monoisotopic (exact) mass is 208 g/mol. The first-order chi connectivity index (χ1) is 6.70. The maximum Gasteiger partial charge on any atom is 0.261 e. The van der Waals surface area contributed by atoms with Crippen molar-refractivity contribution in [1.29, 1.82) is 0 Å². The van der Waals surface area contributed by atoms with Crippen molar-refractivity contribution in [3.8, 4) is 0 Å². The molecule has 1 aliphatic rings. The first-order valence-electron chi connectivity index (χ1n) is 4.54. The Balaban J connectivity index is 2.07. The highest BCUT2D eigenvalue weighted by Crippen LogP contribution is 1.96. The Morgan fingerprint density at radius 1 is 1.57 bits per heavy atom. The number of nitrogens with zero attached hydrogens (tertiary/aromatic N) is 1. The number of halogens is 2. The van der Waals surface area contributed by atoms with Crippen LogP contribution < -0.4 is 5.32 Å². The zero-order chi connectivity index (χ0) is 10.4. The Kier molecular flexibility index (Phi) is 4.75. The van der Waals surface area contributed by atoms with E-state index in [0.29, 0.717) is 19.6 Å². The lowest BCUT2D eigenvalue weighted by atomic mass is 10.3. The topological polar surface area (TPSA) is 41.6 Å². The summed E-state index contributed by atoms with van der Waals surface area (Å²) in [6.45, 7) is 1.72. The van der Waals surface area contributed by atoms with Gasteiger partial charge in [-0.1, -0.05) is 0 Å². The number of hydrogen-bond acceptors (Lipinski definition) is 3. The average molecular weight is 208 g/mol. The fraction of sp³-hybridized carbons (Fsp3) is 0.875. The van der Waals surface area contributed by atoms with Gasteiger partial charge in [0.25, 0.3) is 6.43 Å². The smallest absolute Gasteiger partial charge is 0.261 e. The number of amides is 1. The van der Waals surface area contributed by atoms with E-state index in [1.807, 2.05) is 0 Å². The Bertz CT molecular complexity index is 190. The summed E-state index contributed by atoms with van der Waals surface area (Å²) in [4.78, 5) is 12.8. The van der Waals surface area contributed by atoms with Crippen LogP contribution in [0.2, 0.25) is 0 Å². The largest absolute Gasteiger partial charge is 0.374 e. The molecule has 0 bridgehead atoms. The highest BCUT2D eigenvalue weighted by atomic mass is 19.3. The van der Waals surface area contributed by atoms with Crippen molar-refractivity contribution in [2.24, 2.45) is 0 Å². The lowest BCUT2D eigenvalue weighted by Crippen LogP contribution is -2.49. The molecule has 0 unspecified atom stereocenters. The van der Waals surface area contributed by atoms with Gasteiger partial charge in [-0.25, -0.2) is 8.78 Å². The molecule has 1 aliphatic heterocycles. The van der Waals surface area contributed by atoms with E-state index >= 15 is 0 Å². The molecule has 0 radical (unpaired) electrons. The number of ether oxygens (including phenoxy) is 1. The highest BCUT2D eigenvalue weighted by molar-refractivity contribution is 5.78. The number of nitrogens with one attached hydrogen (secondary N) is 1. The summed E-state index contributed by atoms with van der Waals surface area (Å²) in [5, 5.41) is 2.92. The van der Waals surface area contributed by atoms with E-state index in [4.69, 9.17) is 0 Å². The number of alkyl halides is 2. The van der Waals surface area contributed by atoms with Crippen LogP contribution in [0, 0.1) is 0 Å². The normalized spacial score (nSPS) is 17.9. The molecule has 1 amide bonds. The van der Waals surface area contributed by atoms with Crippen LogP contribution in [-0.2, 0) is 9.53 Å². The minimum absolute atomic E-state index is 0.00287. The third-order valence-electron chi connectivity index (χ3n) is 1.94. The van der Waals surface area contributed by atoms with Crippen LogP contribution in [0.15, 0.2) is 0 Å². The number of piperazine rings is 1. The molecule has 0 aliphatic carbocycles. The van der Waals surface area contributed by atoms with Gasteiger partial charge in [0.15, 0.2) is 0 Å². The zero-order valence-electron chi connectivity index (χ0n) is 7.84. The molecule has 14 heavy (non-hydrogen) atoms. The lowest BCUT2D eigenvalue weighted by Gasteiger charge is -2.27. The first-order valence-corrected chi connectivity index (χ1v) is 4.54. The Hall–Kier alpha value is -0.750. The predicted octanol–water partition coefficient (Wildman–Crippen LogP) is -0.300. The van der Waals surface area contributed by atoms with Crippen LogP contribution in [0.25, 0.3) is 0 Å². The standard InChI is InChI=1S/C8H14F2N2O2/c9-7(10)6-14-4-3-12-2-1-11-5-8(12)13/h7,11H,1-6H2. The van der Waals surface area contributed by atoms with Crippen molar-refractivity contribution in [3.63, 3.8) is 0 Å². The Morgan fingerprint density at radius 3 is 3.00 bits per heavy atom. The molecule has 0 aromatic carbocycles.